The summed E-state index contributed by atoms with van der Waals surface area (Å²) in [6.07, 6.45) is 82.0. The number of nitrogens with two attached hydrogens (primary N) is 2. The summed E-state index contributed by atoms with van der Waals surface area (Å²) in [5.74, 6) is 0. The second-order valence-electron chi connectivity index (χ2n) is 24.2. The zero-order valence-corrected chi connectivity index (χ0v) is 52.3. The van der Waals surface area contributed by atoms with Gasteiger partial charge in [-0.25, -0.2) is 9.59 Å². The van der Waals surface area contributed by atoms with Crippen LogP contribution in [-0.2, 0) is 12.8 Å². The average Bonchev–Trinajstić information content (AvgIpc) is 3.42. The van der Waals surface area contributed by atoms with Gasteiger partial charge in [-0.1, -0.05) is 397 Å². The van der Waals surface area contributed by atoms with Crippen molar-refractivity contribution >= 4 is 23.0 Å². The minimum Gasteiger partial charge on any atom is -0.465 e. The van der Waals surface area contributed by atoms with E-state index in [1.54, 1.807) is 11.1 Å². The van der Waals surface area contributed by atoms with Crippen LogP contribution in [0.4, 0.5) is 9.59 Å². The van der Waals surface area contributed by atoms with Gasteiger partial charge >= 0.3 is 12.2 Å². The van der Waals surface area contributed by atoms with Gasteiger partial charge in [-0.3, -0.25) is 0 Å². The molecule has 2 amide bonds. The van der Waals surface area contributed by atoms with Crippen molar-refractivity contribution in [1.29, 1.82) is 0 Å². The van der Waals surface area contributed by atoms with Crippen LogP contribution in [0.1, 0.15) is 385 Å². The van der Waals surface area contributed by atoms with E-state index >= 15 is 0 Å². The van der Waals surface area contributed by atoms with Crippen LogP contribution in [0.2, 0.25) is 0 Å². The summed E-state index contributed by atoms with van der Waals surface area (Å²) in [6, 6.07) is 14.1. The monoisotopic (exact) mass is 1090 g/mol. The van der Waals surface area contributed by atoms with E-state index < -0.39 is 12.2 Å². The molecular formula is C72H134N2O4. The Labute approximate surface area is 485 Å². The van der Waals surface area contributed by atoms with Crippen LogP contribution >= 0.6 is 0 Å². The first-order valence-corrected chi connectivity index (χ1v) is 34.8. The number of primary amides is 2. The summed E-state index contributed by atoms with van der Waals surface area (Å²) in [4.78, 5) is 17.6. The second kappa shape index (κ2) is 63.4. The Bertz CT molecular complexity index is 1490. The molecule has 2 aromatic rings. The molecule has 6 nitrogen and oxygen atoms in total. The number of unbranched alkanes of at least 4 members (excludes halogenated alkanes) is 54. The van der Waals surface area contributed by atoms with E-state index in [1.807, 2.05) is 0 Å². The fraction of sp³-hybridized carbons (Fsp3) is 0.833. The maximum absolute atomic E-state index is 8.78. The maximum Gasteiger partial charge on any atom is 0.402 e. The first kappa shape index (κ1) is 75.2. The Morgan fingerprint density at radius 2 is 0.474 bits per heavy atom. The van der Waals surface area contributed by atoms with Gasteiger partial charge in [-0.2, -0.15) is 0 Å². The Balaban J connectivity index is 0.00000690. The number of aryl methyl sites for hydroxylation is 2. The van der Waals surface area contributed by atoms with Gasteiger partial charge in [0, 0.05) is 0 Å². The minimum atomic E-state index is -1.33. The van der Waals surface area contributed by atoms with Crippen LogP contribution in [0.15, 0.2) is 36.4 Å². The molecule has 6 heteroatoms. The Morgan fingerprint density at radius 3 is 0.705 bits per heavy atom. The number of rotatable bonds is 58. The Kier molecular flexibility index (Phi) is 61.2. The highest BCUT2D eigenvalue weighted by molar-refractivity contribution is 5.86. The van der Waals surface area contributed by atoms with Gasteiger partial charge < -0.3 is 21.7 Å². The van der Waals surface area contributed by atoms with Gasteiger partial charge in [0.25, 0.3) is 0 Å². The summed E-state index contributed by atoms with van der Waals surface area (Å²) in [7, 11) is 0. The Hall–Kier alpha value is -2.76. The van der Waals surface area contributed by atoms with Crippen molar-refractivity contribution in [2.24, 2.45) is 11.5 Å². The van der Waals surface area contributed by atoms with Crippen LogP contribution in [-0.4, -0.2) is 22.4 Å². The van der Waals surface area contributed by atoms with Gasteiger partial charge in [-0.05, 0) is 47.6 Å². The molecule has 6 N–H and O–H groups in total. The SMILES string of the molecule is CCCCCCCCCCCCCCCCCCCCCCCCCCCCCCc1ccc2ccccc2c1CCCCCCCCCCCCCCCCCCCCCCCCCCCCCC.NC(=O)O.NC(=O)O. The highest BCUT2D eigenvalue weighted by Gasteiger charge is 2.09. The van der Waals surface area contributed by atoms with Crippen LogP contribution in [0, 0.1) is 0 Å². The molecule has 0 bridgehead atoms. The highest BCUT2D eigenvalue weighted by Crippen LogP contribution is 2.27. The minimum absolute atomic E-state index is 1.27. The number of benzene rings is 2. The lowest BCUT2D eigenvalue weighted by Crippen LogP contribution is -2.03. The predicted octanol–water partition coefficient (Wildman–Crippen LogP) is 25.1. The number of hydrogen-bond acceptors (Lipinski definition) is 2. The van der Waals surface area contributed by atoms with E-state index in [1.165, 1.54) is 383 Å². The largest absolute Gasteiger partial charge is 0.465 e. The quantitative estimate of drug-likeness (QED) is 0.0492. The van der Waals surface area contributed by atoms with E-state index in [0.717, 1.165) is 0 Å². The smallest absolute Gasteiger partial charge is 0.402 e. The molecule has 2 rings (SSSR count). The van der Waals surface area contributed by atoms with Crippen molar-refractivity contribution in [1.82, 2.24) is 0 Å². The molecule has 0 unspecified atom stereocenters. The topological polar surface area (TPSA) is 127 Å². The zero-order valence-electron chi connectivity index (χ0n) is 52.3. The first-order valence-electron chi connectivity index (χ1n) is 34.8. The molecule has 0 radical (unpaired) electrons. The lowest BCUT2D eigenvalue weighted by atomic mass is 9.91. The van der Waals surface area contributed by atoms with E-state index in [4.69, 9.17) is 19.8 Å². The number of hydrogen-bond donors (Lipinski definition) is 4. The zero-order chi connectivity index (χ0) is 56.7. The highest BCUT2D eigenvalue weighted by atomic mass is 16.4. The van der Waals surface area contributed by atoms with Gasteiger partial charge in [0.15, 0.2) is 0 Å². The number of carboxylic acid groups (broad SMARTS) is 2. The number of amides is 2. The van der Waals surface area contributed by atoms with Crippen LogP contribution in [0.25, 0.3) is 10.8 Å². The lowest BCUT2D eigenvalue weighted by molar-refractivity contribution is 0.204. The molecule has 0 aliphatic carbocycles. The standard InChI is InChI=1S/C70H128.2CH3NO2/c1-3-5-7-9-11-13-15-17-19-21-23-25-27-29-31-33-35-37-39-41-43-45-47-49-51-53-55-57-61-67-65-66-68-62-59-60-64-70(68)69(67)63-58-56-54-52-50-48-46-44-42-40-38-36-34-32-30-28-26-24-22-20-18-16-14-12-10-8-6-4-2;2*2-1(3)4/h59-60,62,64-66H,3-58,61,63H2,1-2H3;2*2H2,(H,3,4). The van der Waals surface area contributed by atoms with Crippen LogP contribution in [0.3, 0.4) is 0 Å². The maximum atomic E-state index is 8.78. The summed E-state index contributed by atoms with van der Waals surface area (Å²) in [5.41, 5.74) is 11.4. The van der Waals surface area contributed by atoms with Gasteiger partial charge in [-0.15, -0.1) is 0 Å². The summed E-state index contributed by atoms with van der Waals surface area (Å²) >= 11 is 0. The number of carbonyl (C=O) groups is 2. The van der Waals surface area contributed by atoms with Gasteiger partial charge in [0.05, 0.1) is 0 Å². The molecular weight excluding hydrogens is 957 g/mol. The molecule has 0 spiro atoms. The van der Waals surface area contributed by atoms with E-state index in [-0.39, 0.29) is 0 Å². The van der Waals surface area contributed by atoms with Crippen molar-refractivity contribution in [3.8, 4) is 0 Å². The lowest BCUT2D eigenvalue weighted by Gasteiger charge is -2.14. The molecule has 0 atom stereocenters. The molecule has 0 aromatic heterocycles. The van der Waals surface area contributed by atoms with Crippen LogP contribution < -0.4 is 11.5 Å². The Morgan fingerprint density at radius 1 is 0.282 bits per heavy atom. The van der Waals surface area contributed by atoms with Crippen molar-refractivity contribution in [3.05, 3.63) is 47.5 Å². The van der Waals surface area contributed by atoms with Crippen molar-refractivity contribution in [2.75, 3.05) is 0 Å². The van der Waals surface area contributed by atoms with Crippen molar-refractivity contribution < 1.29 is 19.8 Å². The fourth-order valence-corrected chi connectivity index (χ4v) is 11.9. The fourth-order valence-electron chi connectivity index (χ4n) is 11.9. The van der Waals surface area contributed by atoms with E-state index in [2.05, 4.69) is 61.7 Å². The molecule has 0 saturated carbocycles. The number of fused-ring (bicyclic) bond motifs is 1. The van der Waals surface area contributed by atoms with Crippen LogP contribution in [0.5, 0.6) is 0 Å². The van der Waals surface area contributed by atoms with Crippen molar-refractivity contribution in [2.45, 2.75) is 386 Å². The third-order valence-electron chi connectivity index (χ3n) is 16.7. The molecule has 0 heterocycles. The molecule has 78 heavy (non-hydrogen) atoms. The molecule has 0 aliphatic heterocycles. The third-order valence-corrected chi connectivity index (χ3v) is 16.7. The molecule has 2 aromatic carbocycles. The average molecular weight is 1090 g/mol. The van der Waals surface area contributed by atoms with Gasteiger partial charge in [0.2, 0.25) is 0 Å². The summed E-state index contributed by atoms with van der Waals surface area (Å²) < 4.78 is 0. The molecule has 456 valence electrons. The van der Waals surface area contributed by atoms with E-state index in [0.29, 0.717) is 0 Å². The van der Waals surface area contributed by atoms with E-state index in [9.17, 15) is 0 Å². The third kappa shape index (κ3) is 57.9. The van der Waals surface area contributed by atoms with Gasteiger partial charge in [0.1, 0.15) is 0 Å². The van der Waals surface area contributed by atoms with Crippen molar-refractivity contribution in [3.63, 3.8) is 0 Å². The normalized spacial score (nSPS) is 11.2. The molecule has 0 aliphatic rings. The first-order chi connectivity index (χ1) is 38.3. The molecule has 0 saturated heterocycles. The molecule has 0 fully saturated rings. The summed E-state index contributed by atoms with van der Waals surface area (Å²) in [5, 5.41) is 17.4. The second-order valence-corrected chi connectivity index (χ2v) is 24.2. The summed E-state index contributed by atoms with van der Waals surface area (Å²) in [6.45, 7) is 4.63. The predicted molar refractivity (Wildman–Crippen MR) is 346 cm³/mol.